The van der Waals surface area contributed by atoms with Crippen LogP contribution in [-0.4, -0.2) is 4.98 Å². The number of aryl methyl sites for hydroxylation is 2. The molecule has 2 nitrogen and oxygen atoms in total. The molecule has 0 fully saturated rings. The summed E-state index contributed by atoms with van der Waals surface area (Å²) in [5, 5.41) is 0. The first-order valence-corrected chi connectivity index (χ1v) is 4.27. The molecule has 2 rings (SSSR count). The van der Waals surface area contributed by atoms with Gasteiger partial charge < -0.3 is 4.42 Å². The first-order valence-electron chi connectivity index (χ1n) is 4.27. The molecule has 0 bridgehead atoms. The third kappa shape index (κ3) is 1.47. The Hall–Kier alpha value is -1.57. The zero-order valence-electron chi connectivity index (χ0n) is 7.74. The van der Waals surface area contributed by atoms with E-state index in [0.717, 1.165) is 17.0 Å². The van der Waals surface area contributed by atoms with Gasteiger partial charge in [-0.3, -0.25) is 0 Å². The van der Waals surface area contributed by atoms with Crippen LogP contribution in [0.2, 0.25) is 0 Å². The molecule has 0 aliphatic carbocycles. The van der Waals surface area contributed by atoms with Gasteiger partial charge in [0.15, 0.2) is 0 Å². The predicted octanol–water partition coefficient (Wildman–Crippen LogP) is 2.96. The van der Waals surface area contributed by atoms with Crippen molar-refractivity contribution in [2.45, 2.75) is 13.8 Å². The zero-order chi connectivity index (χ0) is 9.26. The molecule has 0 spiro atoms. The van der Waals surface area contributed by atoms with Crippen molar-refractivity contribution in [3.05, 3.63) is 41.8 Å². The van der Waals surface area contributed by atoms with Gasteiger partial charge in [-0.1, -0.05) is 18.2 Å². The van der Waals surface area contributed by atoms with Gasteiger partial charge in [-0.25, -0.2) is 4.98 Å². The summed E-state index contributed by atoms with van der Waals surface area (Å²) in [6.45, 7) is 3.88. The first kappa shape index (κ1) is 8.05. The Morgan fingerprint density at radius 1 is 1.08 bits per heavy atom. The van der Waals surface area contributed by atoms with Crippen molar-refractivity contribution in [3.8, 4) is 11.5 Å². The van der Waals surface area contributed by atoms with E-state index in [1.165, 1.54) is 0 Å². The van der Waals surface area contributed by atoms with Crippen LogP contribution in [0.3, 0.4) is 0 Å². The van der Waals surface area contributed by atoms with Crippen molar-refractivity contribution in [2.75, 3.05) is 0 Å². The molecule has 1 aromatic heterocycles. The van der Waals surface area contributed by atoms with Crippen LogP contribution < -0.4 is 0 Å². The lowest BCUT2D eigenvalue weighted by atomic mass is 10.2. The van der Waals surface area contributed by atoms with Crippen LogP contribution in [0.4, 0.5) is 0 Å². The molecule has 66 valence electrons. The van der Waals surface area contributed by atoms with Crippen molar-refractivity contribution in [2.24, 2.45) is 0 Å². The molecule has 2 aromatic rings. The van der Waals surface area contributed by atoms with Crippen LogP contribution in [-0.2, 0) is 0 Å². The summed E-state index contributed by atoms with van der Waals surface area (Å²) < 4.78 is 5.49. The highest BCUT2D eigenvalue weighted by molar-refractivity contribution is 5.53. The number of hydrogen-bond donors (Lipinski definition) is 0. The maximum Gasteiger partial charge on any atom is 0.226 e. The molecule has 0 amide bonds. The van der Waals surface area contributed by atoms with Gasteiger partial charge in [0.2, 0.25) is 5.89 Å². The maximum atomic E-state index is 5.49. The van der Waals surface area contributed by atoms with Crippen LogP contribution >= 0.6 is 0 Å². The minimum absolute atomic E-state index is 0.704. The van der Waals surface area contributed by atoms with E-state index in [-0.39, 0.29) is 0 Å². The summed E-state index contributed by atoms with van der Waals surface area (Å²) in [6, 6.07) is 9.91. The number of rotatable bonds is 1. The number of oxazole rings is 1. The number of nitrogens with zero attached hydrogens (tertiary/aromatic N) is 1. The van der Waals surface area contributed by atoms with Gasteiger partial charge in [0.05, 0.1) is 5.69 Å². The topological polar surface area (TPSA) is 26.0 Å². The van der Waals surface area contributed by atoms with Gasteiger partial charge in [-0.15, -0.1) is 0 Å². The summed E-state index contributed by atoms with van der Waals surface area (Å²) in [5.74, 6) is 1.59. The minimum Gasteiger partial charge on any atom is -0.441 e. The molecular weight excluding hydrogens is 162 g/mol. The lowest BCUT2D eigenvalue weighted by molar-refractivity contribution is 0.541. The van der Waals surface area contributed by atoms with E-state index in [0.29, 0.717) is 5.89 Å². The third-order valence-corrected chi connectivity index (χ3v) is 2.05. The van der Waals surface area contributed by atoms with Gasteiger partial charge >= 0.3 is 0 Å². The molecule has 0 atom stereocenters. The average molecular weight is 173 g/mol. The van der Waals surface area contributed by atoms with Crippen LogP contribution in [0.15, 0.2) is 34.7 Å². The average Bonchev–Trinajstić information content (AvgIpc) is 2.49. The molecule has 0 unspecified atom stereocenters. The zero-order valence-corrected chi connectivity index (χ0v) is 7.74. The summed E-state index contributed by atoms with van der Waals surface area (Å²) in [4.78, 5) is 4.31. The lowest BCUT2D eigenvalue weighted by Crippen LogP contribution is -1.76. The third-order valence-electron chi connectivity index (χ3n) is 2.05. The second-order valence-electron chi connectivity index (χ2n) is 3.03. The minimum atomic E-state index is 0.704. The molecule has 0 saturated carbocycles. The highest BCUT2D eigenvalue weighted by atomic mass is 16.4. The summed E-state index contributed by atoms with van der Waals surface area (Å²) >= 11 is 0. The van der Waals surface area contributed by atoms with E-state index in [4.69, 9.17) is 4.42 Å². The van der Waals surface area contributed by atoms with Crippen molar-refractivity contribution < 1.29 is 4.42 Å². The quantitative estimate of drug-likeness (QED) is 0.662. The van der Waals surface area contributed by atoms with Crippen molar-refractivity contribution in [1.82, 2.24) is 4.98 Å². The molecule has 13 heavy (non-hydrogen) atoms. The largest absolute Gasteiger partial charge is 0.441 e. The van der Waals surface area contributed by atoms with Gasteiger partial charge in [0.1, 0.15) is 5.76 Å². The normalized spacial score (nSPS) is 10.3. The summed E-state index contributed by atoms with van der Waals surface area (Å²) in [7, 11) is 0. The second-order valence-corrected chi connectivity index (χ2v) is 3.03. The van der Waals surface area contributed by atoms with Gasteiger partial charge in [-0.2, -0.15) is 0 Å². The number of aromatic nitrogens is 1. The van der Waals surface area contributed by atoms with E-state index in [1.54, 1.807) is 0 Å². The second kappa shape index (κ2) is 3.05. The van der Waals surface area contributed by atoms with Gasteiger partial charge in [0.25, 0.3) is 0 Å². The molecule has 2 heteroatoms. The predicted molar refractivity (Wildman–Crippen MR) is 51.4 cm³/mol. The van der Waals surface area contributed by atoms with Crippen LogP contribution in [0.5, 0.6) is 0 Å². The Morgan fingerprint density at radius 2 is 1.77 bits per heavy atom. The lowest BCUT2D eigenvalue weighted by Gasteiger charge is -1.91. The molecule has 0 aliphatic rings. The molecule has 0 saturated heterocycles. The highest BCUT2D eigenvalue weighted by Crippen LogP contribution is 2.20. The Balaban J connectivity index is 2.48. The molecule has 0 radical (unpaired) electrons. The van der Waals surface area contributed by atoms with Crippen molar-refractivity contribution in [1.29, 1.82) is 0 Å². The Bertz CT molecular complexity index is 384. The Labute approximate surface area is 77.2 Å². The SMILES string of the molecule is Cc1nc(-c2ccccc2)oc1C. The molecule has 1 aromatic carbocycles. The maximum absolute atomic E-state index is 5.49. The van der Waals surface area contributed by atoms with Crippen LogP contribution in [0.1, 0.15) is 11.5 Å². The Morgan fingerprint density at radius 3 is 2.31 bits per heavy atom. The fraction of sp³-hybridized carbons (Fsp3) is 0.182. The van der Waals surface area contributed by atoms with E-state index >= 15 is 0 Å². The molecule has 0 aliphatic heterocycles. The highest BCUT2D eigenvalue weighted by Gasteiger charge is 2.06. The molecule has 1 heterocycles. The van der Waals surface area contributed by atoms with Crippen molar-refractivity contribution in [3.63, 3.8) is 0 Å². The fourth-order valence-corrected chi connectivity index (χ4v) is 1.18. The van der Waals surface area contributed by atoms with E-state index in [9.17, 15) is 0 Å². The number of benzene rings is 1. The monoisotopic (exact) mass is 173 g/mol. The summed E-state index contributed by atoms with van der Waals surface area (Å²) in [6.07, 6.45) is 0. The van der Waals surface area contributed by atoms with E-state index < -0.39 is 0 Å². The van der Waals surface area contributed by atoms with Crippen LogP contribution in [0.25, 0.3) is 11.5 Å². The van der Waals surface area contributed by atoms with Crippen LogP contribution in [0, 0.1) is 13.8 Å². The molecule has 0 N–H and O–H groups in total. The van der Waals surface area contributed by atoms with E-state index in [1.807, 2.05) is 44.2 Å². The summed E-state index contributed by atoms with van der Waals surface area (Å²) in [5.41, 5.74) is 1.98. The van der Waals surface area contributed by atoms with E-state index in [2.05, 4.69) is 4.98 Å². The van der Waals surface area contributed by atoms with Gasteiger partial charge in [0, 0.05) is 5.56 Å². The van der Waals surface area contributed by atoms with Crippen molar-refractivity contribution >= 4 is 0 Å². The standard InChI is InChI=1S/C11H11NO/c1-8-9(2)13-11(12-8)10-6-4-3-5-7-10/h3-7H,1-2H3. The number of hydrogen-bond acceptors (Lipinski definition) is 2. The smallest absolute Gasteiger partial charge is 0.226 e. The first-order chi connectivity index (χ1) is 6.27. The fourth-order valence-electron chi connectivity index (χ4n) is 1.18. The van der Waals surface area contributed by atoms with Gasteiger partial charge in [-0.05, 0) is 26.0 Å². The molecular formula is C11H11NO. The Kier molecular flexibility index (Phi) is 1.89.